The summed E-state index contributed by atoms with van der Waals surface area (Å²) in [6.45, 7) is 1.17. The van der Waals surface area contributed by atoms with E-state index in [2.05, 4.69) is 22.1 Å². The standard InChI is InChI=1S/C21H25N3O3S/c1-3-14-27-20(26)24-12-8-16(9-13-24)19-22-17(15-28-19)18(25)23-21(4-2)10-6-5-7-11-21/h1-2,15-16H,5-14H2,(H,23,25). The summed E-state index contributed by atoms with van der Waals surface area (Å²) >= 11 is 1.49. The number of rotatable bonds is 4. The lowest BCUT2D eigenvalue weighted by Crippen LogP contribution is -2.48. The van der Waals surface area contributed by atoms with E-state index in [4.69, 9.17) is 17.6 Å². The zero-order valence-corrected chi connectivity index (χ0v) is 16.7. The van der Waals surface area contributed by atoms with Crippen LogP contribution in [0.2, 0.25) is 0 Å². The minimum atomic E-state index is -0.538. The van der Waals surface area contributed by atoms with Crippen LogP contribution in [0.5, 0.6) is 0 Å². The van der Waals surface area contributed by atoms with Crippen LogP contribution in [0.1, 0.15) is 66.4 Å². The Kier molecular flexibility index (Phi) is 6.59. The number of amides is 2. The number of terminal acetylenes is 2. The number of carbonyl (C=O) groups is 2. The van der Waals surface area contributed by atoms with E-state index < -0.39 is 5.54 Å². The van der Waals surface area contributed by atoms with E-state index in [9.17, 15) is 9.59 Å². The third kappa shape index (κ3) is 4.66. The van der Waals surface area contributed by atoms with E-state index in [0.717, 1.165) is 50.0 Å². The van der Waals surface area contributed by atoms with Crippen molar-refractivity contribution in [2.45, 2.75) is 56.4 Å². The Labute approximate surface area is 170 Å². The fourth-order valence-corrected chi connectivity index (χ4v) is 4.80. The van der Waals surface area contributed by atoms with E-state index in [1.54, 1.807) is 10.3 Å². The molecule has 6 nitrogen and oxygen atoms in total. The van der Waals surface area contributed by atoms with E-state index in [-0.39, 0.29) is 24.5 Å². The average molecular weight is 400 g/mol. The largest absolute Gasteiger partial charge is 0.436 e. The molecule has 0 spiro atoms. The molecule has 0 unspecified atom stereocenters. The minimum Gasteiger partial charge on any atom is -0.436 e. The van der Waals surface area contributed by atoms with Gasteiger partial charge in [-0.05, 0) is 25.7 Å². The Bertz CT molecular complexity index is 791. The Balaban J connectivity index is 1.56. The lowest BCUT2D eigenvalue weighted by Gasteiger charge is -2.33. The maximum Gasteiger partial charge on any atom is 0.410 e. The van der Waals surface area contributed by atoms with Gasteiger partial charge >= 0.3 is 6.09 Å². The second-order valence-corrected chi connectivity index (χ2v) is 8.22. The van der Waals surface area contributed by atoms with Crippen LogP contribution in [0.4, 0.5) is 4.79 Å². The van der Waals surface area contributed by atoms with Gasteiger partial charge in [0.1, 0.15) is 11.2 Å². The van der Waals surface area contributed by atoms with Crippen LogP contribution < -0.4 is 5.32 Å². The van der Waals surface area contributed by atoms with Crippen molar-refractivity contribution in [2.75, 3.05) is 19.7 Å². The van der Waals surface area contributed by atoms with Gasteiger partial charge < -0.3 is 15.0 Å². The highest BCUT2D eigenvalue weighted by Crippen LogP contribution is 2.31. The molecule has 148 valence electrons. The van der Waals surface area contributed by atoms with Crippen molar-refractivity contribution in [2.24, 2.45) is 0 Å². The van der Waals surface area contributed by atoms with Gasteiger partial charge in [-0.15, -0.1) is 24.2 Å². The molecule has 3 rings (SSSR count). The number of hydrogen-bond donors (Lipinski definition) is 1. The highest BCUT2D eigenvalue weighted by atomic mass is 32.1. The monoisotopic (exact) mass is 399 g/mol. The number of likely N-dealkylation sites (tertiary alicyclic amines) is 1. The van der Waals surface area contributed by atoms with Gasteiger partial charge in [-0.3, -0.25) is 4.79 Å². The molecule has 1 N–H and O–H groups in total. The number of nitrogens with one attached hydrogen (secondary N) is 1. The van der Waals surface area contributed by atoms with Gasteiger partial charge in [-0.25, -0.2) is 9.78 Å². The second kappa shape index (κ2) is 9.12. The summed E-state index contributed by atoms with van der Waals surface area (Å²) in [5.74, 6) is 5.13. The first-order valence-electron chi connectivity index (χ1n) is 9.68. The van der Waals surface area contributed by atoms with Crippen molar-refractivity contribution in [3.05, 3.63) is 16.1 Å². The molecule has 1 aliphatic heterocycles. The summed E-state index contributed by atoms with van der Waals surface area (Å²) in [6, 6.07) is 0. The molecule has 2 aliphatic rings. The Morgan fingerprint density at radius 1 is 1.29 bits per heavy atom. The summed E-state index contributed by atoms with van der Waals surface area (Å²) < 4.78 is 4.97. The predicted octanol–water partition coefficient (Wildman–Crippen LogP) is 3.16. The minimum absolute atomic E-state index is 0.0110. The van der Waals surface area contributed by atoms with Crippen molar-refractivity contribution in [3.8, 4) is 24.7 Å². The van der Waals surface area contributed by atoms with Crippen LogP contribution in [0.3, 0.4) is 0 Å². The summed E-state index contributed by atoms with van der Waals surface area (Å²) in [6.07, 6.45) is 16.9. The van der Waals surface area contributed by atoms with Crippen LogP contribution in [-0.2, 0) is 4.74 Å². The molecule has 0 atom stereocenters. The molecule has 0 radical (unpaired) electrons. The first kappa shape index (κ1) is 20.2. The number of nitrogens with zero attached hydrogens (tertiary/aromatic N) is 2. The zero-order chi connectivity index (χ0) is 20.0. The molecule has 2 amide bonds. The van der Waals surface area contributed by atoms with E-state index in [1.165, 1.54) is 11.3 Å². The maximum absolute atomic E-state index is 12.7. The van der Waals surface area contributed by atoms with Gasteiger partial charge in [-0.1, -0.05) is 31.1 Å². The molecule has 7 heteroatoms. The quantitative estimate of drug-likeness (QED) is 0.790. The van der Waals surface area contributed by atoms with Crippen LogP contribution >= 0.6 is 11.3 Å². The van der Waals surface area contributed by atoms with Gasteiger partial charge in [0.2, 0.25) is 0 Å². The van der Waals surface area contributed by atoms with Crippen LogP contribution in [-0.4, -0.2) is 47.1 Å². The topological polar surface area (TPSA) is 71.5 Å². The number of carbonyl (C=O) groups excluding carboxylic acids is 2. The lowest BCUT2D eigenvalue weighted by molar-refractivity contribution is 0.0899. The van der Waals surface area contributed by atoms with Crippen molar-refractivity contribution in [3.63, 3.8) is 0 Å². The molecule has 1 aliphatic carbocycles. The van der Waals surface area contributed by atoms with Gasteiger partial charge in [-0.2, -0.15) is 0 Å². The Morgan fingerprint density at radius 2 is 2.00 bits per heavy atom. The van der Waals surface area contributed by atoms with Gasteiger partial charge in [0.25, 0.3) is 5.91 Å². The summed E-state index contributed by atoms with van der Waals surface area (Å²) in [4.78, 5) is 30.8. The van der Waals surface area contributed by atoms with Gasteiger partial charge in [0, 0.05) is 24.4 Å². The highest BCUT2D eigenvalue weighted by Gasteiger charge is 2.33. The molecular weight excluding hydrogens is 374 g/mol. The molecule has 0 bridgehead atoms. The Morgan fingerprint density at radius 3 is 2.64 bits per heavy atom. The van der Waals surface area contributed by atoms with Crippen LogP contribution in [0, 0.1) is 24.7 Å². The average Bonchev–Trinajstić information content (AvgIpc) is 3.23. The molecule has 1 saturated carbocycles. The number of piperidine rings is 1. The molecule has 28 heavy (non-hydrogen) atoms. The van der Waals surface area contributed by atoms with Crippen molar-refractivity contribution >= 4 is 23.3 Å². The third-order valence-corrected chi connectivity index (χ3v) is 6.48. The van der Waals surface area contributed by atoms with Crippen molar-refractivity contribution in [1.82, 2.24) is 15.2 Å². The normalized spacial score (nSPS) is 19.3. The molecule has 1 saturated heterocycles. The first-order valence-corrected chi connectivity index (χ1v) is 10.6. The third-order valence-electron chi connectivity index (χ3n) is 5.47. The van der Waals surface area contributed by atoms with Crippen molar-refractivity contribution in [1.29, 1.82) is 0 Å². The highest BCUT2D eigenvalue weighted by molar-refractivity contribution is 7.09. The van der Waals surface area contributed by atoms with E-state index >= 15 is 0 Å². The maximum atomic E-state index is 12.7. The fourth-order valence-electron chi connectivity index (χ4n) is 3.83. The molecule has 2 fully saturated rings. The zero-order valence-electron chi connectivity index (χ0n) is 15.9. The smallest absolute Gasteiger partial charge is 0.410 e. The SMILES string of the molecule is C#CCOC(=O)N1CCC(c2nc(C(=O)NC3(C#C)CCCCC3)cs2)CC1. The van der Waals surface area contributed by atoms with Gasteiger partial charge in [0.15, 0.2) is 6.61 Å². The lowest BCUT2D eigenvalue weighted by atomic mass is 9.82. The van der Waals surface area contributed by atoms with E-state index in [0.29, 0.717) is 18.8 Å². The number of hydrogen-bond acceptors (Lipinski definition) is 5. The Hall–Kier alpha value is -2.51. The number of aromatic nitrogens is 1. The fraction of sp³-hybridized carbons (Fsp3) is 0.571. The molecule has 1 aromatic rings. The molecular formula is C21H25N3O3S. The number of ether oxygens (including phenoxy) is 1. The first-order chi connectivity index (χ1) is 13.6. The van der Waals surface area contributed by atoms with Crippen molar-refractivity contribution < 1.29 is 14.3 Å². The predicted molar refractivity (Wildman–Crippen MR) is 108 cm³/mol. The molecule has 1 aromatic heterocycles. The van der Waals surface area contributed by atoms with Crippen LogP contribution in [0.15, 0.2) is 5.38 Å². The van der Waals surface area contributed by atoms with Gasteiger partial charge in [0.05, 0.1) is 5.01 Å². The number of thiazole rings is 1. The molecule has 2 heterocycles. The van der Waals surface area contributed by atoms with Crippen LogP contribution in [0.25, 0.3) is 0 Å². The second-order valence-electron chi connectivity index (χ2n) is 7.33. The summed E-state index contributed by atoms with van der Waals surface area (Å²) in [7, 11) is 0. The molecule has 0 aromatic carbocycles. The van der Waals surface area contributed by atoms with E-state index in [1.807, 2.05) is 0 Å². The summed E-state index contributed by atoms with van der Waals surface area (Å²) in [5, 5.41) is 5.77. The summed E-state index contributed by atoms with van der Waals surface area (Å²) in [5.41, 5.74) is -0.112.